The van der Waals surface area contributed by atoms with Crippen molar-refractivity contribution >= 4 is 6.29 Å². The Morgan fingerprint density at radius 2 is 1.83 bits per heavy atom. The first kappa shape index (κ1) is 30.0. The summed E-state index contributed by atoms with van der Waals surface area (Å²) in [7, 11) is 0. The summed E-state index contributed by atoms with van der Waals surface area (Å²) in [5.74, 6) is 1.17. The first-order valence-corrected chi connectivity index (χ1v) is 13.8. The molecule has 0 amide bonds. The van der Waals surface area contributed by atoms with Gasteiger partial charge in [-0.25, -0.2) is 0 Å². The van der Waals surface area contributed by atoms with Crippen molar-refractivity contribution in [3.05, 3.63) is 34.4 Å². The topological polar surface area (TPSA) is 77.8 Å². The molecule has 4 nitrogen and oxygen atoms in total. The lowest BCUT2D eigenvalue weighted by molar-refractivity contribution is -0.146. The second kappa shape index (κ2) is 12.3. The fraction of sp³-hybridized carbons (Fsp3) is 0.774. The Labute approximate surface area is 214 Å². The molecule has 1 fully saturated rings. The summed E-state index contributed by atoms with van der Waals surface area (Å²) in [5.41, 5.74) is 3.20. The van der Waals surface area contributed by atoms with Crippen LogP contribution in [0.25, 0.3) is 0 Å². The molecule has 0 saturated heterocycles. The summed E-state index contributed by atoms with van der Waals surface area (Å²) in [4.78, 5) is 11.6. The SMILES string of the molecule is CC1=CC[C@H](C)C(C)(C)C1CC/C(C)=C/CC[C@@]1(CO)[C@H](CCCO)/C(=C(/C)C=O)CC[C@]1(C)O. The van der Waals surface area contributed by atoms with E-state index in [-0.39, 0.29) is 19.1 Å². The van der Waals surface area contributed by atoms with E-state index in [1.54, 1.807) is 0 Å². The number of carbonyl (C=O) groups excluding carboxylic acids is 1. The first-order chi connectivity index (χ1) is 16.4. The molecule has 0 bridgehead atoms. The fourth-order valence-corrected chi connectivity index (χ4v) is 7.00. The van der Waals surface area contributed by atoms with Crippen LogP contribution in [-0.2, 0) is 4.79 Å². The molecule has 2 rings (SSSR count). The van der Waals surface area contributed by atoms with Crippen molar-refractivity contribution in [2.75, 3.05) is 13.2 Å². The lowest BCUT2D eigenvalue weighted by Crippen LogP contribution is -2.56. The number of carbonyl (C=O) groups is 1. The monoisotopic (exact) mass is 488 g/mol. The van der Waals surface area contributed by atoms with E-state index in [9.17, 15) is 20.1 Å². The van der Waals surface area contributed by atoms with Gasteiger partial charge in [-0.05, 0) is 114 Å². The third-order valence-corrected chi connectivity index (χ3v) is 10.1. The van der Waals surface area contributed by atoms with Crippen molar-refractivity contribution in [2.24, 2.45) is 28.6 Å². The molecule has 1 unspecified atom stereocenters. The van der Waals surface area contributed by atoms with Crippen LogP contribution < -0.4 is 0 Å². The van der Waals surface area contributed by atoms with Crippen LogP contribution in [0.15, 0.2) is 34.4 Å². The molecule has 2 aliphatic carbocycles. The second-order valence-corrected chi connectivity index (χ2v) is 12.4. The first-order valence-electron chi connectivity index (χ1n) is 13.8. The van der Waals surface area contributed by atoms with Crippen LogP contribution in [0.3, 0.4) is 0 Å². The molecule has 3 N–H and O–H groups in total. The van der Waals surface area contributed by atoms with Gasteiger partial charge in [-0.1, -0.05) is 49.6 Å². The Morgan fingerprint density at radius 3 is 2.43 bits per heavy atom. The smallest absolute Gasteiger partial charge is 0.145 e. The van der Waals surface area contributed by atoms with Crippen molar-refractivity contribution in [3.63, 3.8) is 0 Å². The predicted molar refractivity (Wildman–Crippen MR) is 145 cm³/mol. The minimum atomic E-state index is -1.03. The van der Waals surface area contributed by atoms with E-state index in [2.05, 4.69) is 46.8 Å². The number of aldehydes is 1. The van der Waals surface area contributed by atoms with Crippen molar-refractivity contribution < 1.29 is 20.1 Å². The average molecular weight is 489 g/mol. The molecule has 5 atom stereocenters. The summed E-state index contributed by atoms with van der Waals surface area (Å²) >= 11 is 0. The summed E-state index contributed by atoms with van der Waals surface area (Å²) in [5, 5.41) is 31.7. The molecule has 0 radical (unpaired) electrons. The molecule has 2 aliphatic rings. The summed E-state index contributed by atoms with van der Waals surface area (Å²) in [6, 6.07) is 0. The number of hydrogen-bond acceptors (Lipinski definition) is 4. The Hall–Kier alpha value is -1.23. The number of allylic oxidation sites excluding steroid dienone is 6. The van der Waals surface area contributed by atoms with E-state index >= 15 is 0 Å². The normalized spacial score (nSPS) is 35.0. The molecular formula is C31H52O4. The molecule has 4 heteroatoms. The number of aliphatic hydroxyl groups is 3. The van der Waals surface area contributed by atoms with Crippen molar-refractivity contribution in [1.29, 1.82) is 0 Å². The van der Waals surface area contributed by atoms with Crippen LogP contribution >= 0.6 is 0 Å². The molecule has 35 heavy (non-hydrogen) atoms. The van der Waals surface area contributed by atoms with Gasteiger partial charge in [0.15, 0.2) is 0 Å². The van der Waals surface area contributed by atoms with Crippen molar-refractivity contribution in [3.8, 4) is 0 Å². The van der Waals surface area contributed by atoms with Gasteiger partial charge in [0.2, 0.25) is 0 Å². The van der Waals surface area contributed by atoms with Crippen LogP contribution in [0.4, 0.5) is 0 Å². The van der Waals surface area contributed by atoms with E-state index < -0.39 is 11.0 Å². The molecule has 0 heterocycles. The zero-order chi connectivity index (χ0) is 26.4. The molecule has 0 aromatic rings. The maximum absolute atomic E-state index is 11.6. The number of hydrogen-bond donors (Lipinski definition) is 3. The van der Waals surface area contributed by atoms with E-state index in [4.69, 9.17) is 0 Å². The van der Waals surface area contributed by atoms with Gasteiger partial charge in [0.25, 0.3) is 0 Å². The molecule has 0 aromatic heterocycles. The standard InChI is InChI=1S/C31H52O4/c1-22(12-15-27-23(2)13-14-25(4)29(27,5)6)10-8-17-31(21-34)28(11-9-19-32)26(24(3)20-33)16-18-30(31,7)35/h10,13,20,25,27-28,32,34-35H,8-9,11-12,14-19,21H2,1-7H3/b22-10+,26-24-/t25-,27?,28+,30-,31+/m0/s1. The third-order valence-electron chi connectivity index (χ3n) is 10.1. The number of aliphatic hydroxyl groups excluding tert-OH is 2. The van der Waals surface area contributed by atoms with Crippen LogP contribution in [0.5, 0.6) is 0 Å². The Kier molecular flexibility index (Phi) is 10.6. The summed E-state index contributed by atoms with van der Waals surface area (Å²) in [6.45, 7) is 15.3. The van der Waals surface area contributed by atoms with Gasteiger partial charge in [-0.3, -0.25) is 4.79 Å². The third kappa shape index (κ3) is 6.37. The Balaban J connectivity index is 2.20. The lowest BCUT2D eigenvalue weighted by Gasteiger charge is -2.54. The highest BCUT2D eigenvalue weighted by Gasteiger charge is 2.55. The van der Waals surface area contributed by atoms with Gasteiger partial charge in [0.05, 0.1) is 12.2 Å². The second-order valence-electron chi connectivity index (χ2n) is 12.4. The van der Waals surface area contributed by atoms with Gasteiger partial charge >= 0.3 is 0 Å². The van der Waals surface area contributed by atoms with Gasteiger partial charge in [-0.15, -0.1) is 0 Å². The van der Waals surface area contributed by atoms with Crippen LogP contribution in [0.2, 0.25) is 0 Å². The van der Waals surface area contributed by atoms with E-state index in [0.29, 0.717) is 54.9 Å². The molecule has 0 aromatic carbocycles. The number of rotatable bonds is 11. The Bertz CT molecular complexity index is 816. The van der Waals surface area contributed by atoms with Gasteiger partial charge in [0, 0.05) is 12.0 Å². The summed E-state index contributed by atoms with van der Waals surface area (Å²) < 4.78 is 0. The van der Waals surface area contributed by atoms with E-state index in [1.165, 1.54) is 17.6 Å². The minimum Gasteiger partial charge on any atom is -0.396 e. The molecule has 0 spiro atoms. The zero-order valence-corrected chi connectivity index (χ0v) is 23.5. The molecular weight excluding hydrogens is 436 g/mol. The largest absolute Gasteiger partial charge is 0.396 e. The van der Waals surface area contributed by atoms with Crippen LogP contribution in [-0.4, -0.2) is 40.4 Å². The highest BCUT2D eigenvalue weighted by atomic mass is 16.3. The van der Waals surface area contributed by atoms with Crippen molar-refractivity contribution in [1.82, 2.24) is 0 Å². The van der Waals surface area contributed by atoms with Crippen molar-refractivity contribution in [2.45, 2.75) is 112 Å². The predicted octanol–water partition coefficient (Wildman–Crippen LogP) is 6.55. The highest BCUT2D eigenvalue weighted by Crippen LogP contribution is 2.55. The minimum absolute atomic E-state index is 0.0660. The molecule has 1 saturated carbocycles. The van der Waals surface area contributed by atoms with E-state index in [1.807, 2.05) is 13.8 Å². The fourth-order valence-electron chi connectivity index (χ4n) is 7.00. The molecule has 200 valence electrons. The lowest BCUT2D eigenvalue weighted by atomic mass is 9.53. The zero-order valence-electron chi connectivity index (χ0n) is 23.5. The summed E-state index contributed by atoms with van der Waals surface area (Å²) in [6.07, 6.45) is 12.9. The average Bonchev–Trinajstić information content (AvgIpc) is 2.80. The van der Waals surface area contributed by atoms with Gasteiger partial charge in [0.1, 0.15) is 6.29 Å². The highest BCUT2D eigenvalue weighted by molar-refractivity contribution is 5.74. The maximum Gasteiger partial charge on any atom is 0.145 e. The van der Waals surface area contributed by atoms with Gasteiger partial charge < -0.3 is 15.3 Å². The quantitative estimate of drug-likeness (QED) is 0.175. The maximum atomic E-state index is 11.6. The van der Waals surface area contributed by atoms with E-state index in [0.717, 1.165) is 31.1 Å². The van der Waals surface area contributed by atoms with Gasteiger partial charge in [-0.2, -0.15) is 0 Å². The van der Waals surface area contributed by atoms with Crippen LogP contribution in [0.1, 0.15) is 106 Å². The van der Waals surface area contributed by atoms with Crippen LogP contribution in [0, 0.1) is 28.6 Å². The Morgan fingerprint density at radius 1 is 1.14 bits per heavy atom. The molecule has 0 aliphatic heterocycles.